The molecular formula is C17H25N5. The molecule has 1 aromatic heterocycles. The molecule has 0 aliphatic rings. The molecule has 0 fully saturated rings. The number of para-hydroxylation sites is 1. The van der Waals surface area contributed by atoms with Gasteiger partial charge in [-0.3, -0.25) is 0 Å². The summed E-state index contributed by atoms with van der Waals surface area (Å²) in [6, 6.07) is 12.2. The number of anilines is 3. The van der Waals surface area contributed by atoms with Gasteiger partial charge in [0.1, 0.15) is 5.82 Å². The fraction of sp³-hybridized carbons (Fsp3) is 0.412. The van der Waals surface area contributed by atoms with E-state index in [2.05, 4.69) is 51.3 Å². The van der Waals surface area contributed by atoms with Gasteiger partial charge in [0.25, 0.3) is 0 Å². The fourth-order valence-electron chi connectivity index (χ4n) is 2.18. The zero-order valence-electron chi connectivity index (χ0n) is 13.9. The van der Waals surface area contributed by atoms with Crippen molar-refractivity contribution < 1.29 is 0 Å². The number of hydrogen-bond acceptors (Lipinski definition) is 5. The second kappa shape index (κ2) is 7.75. The van der Waals surface area contributed by atoms with Gasteiger partial charge in [0.15, 0.2) is 0 Å². The van der Waals surface area contributed by atoms with E-state index in [1.165, 1.54) is 0 Å². The van der Waals surface area contributed by atoms with Crippen LogP contribution < -0.4 is 10.2 Å². The van der Waals surface area contributed by atoms with Crippen LogP contribution in [0, 0.1) is 6.92 Å². The van der Waals surface area contributed by atoms with Crippen LogP contribution in [0.25, 0.3) is 0 Å². The average Bonchev–Trinajstić information content (AvgIpc) is 2.51. The number of nitrogens with one attached hydrogen (secondary N) is 1. The van der Waals surface area contributed by atoms with Gasteiger partial charge >= 0.3 is 0 Å². The predicted octanol–water partition coefficient (Wildman–Crippen LogP) is 2.92. The van der Waals surface area contributed by atoms with Crippen molar-refractivity contribution in [3.05, 3.63) is 42.1 Å². The minimum atomic E-state index is 0.691. The maximum Gasteiger partial charge on any atom is 0.224 e. The molecule has 0 bridgehead atoms. The van der Waals surface area contributed by atoms with E-state index in [0.717, 1.165) is 36.7 Å². The van der Waals surface area contributed by atoms with Gasteiger partial charge in [-0.15, -0.1) is 0 Å². The summed E-state index contributed by atoms with van der Waals surface area (Å²) in [6.07, 6.45) is 1.06. The molecule has 0 radical (unpaired) electrons. The van der Waals surface area contributed by atoms with Crippen LogP contribution in [0.1, 0.15) is 12.1 Å². The normalized spacial score (nSPS) is 10.8. The Labute approximate surface area is 133 Å². The zero-order chi connectivity index (χ0) is 15.9. The van der Waals surface area contributed by atoms with E-state index in [1.807, 2.05) is 38.2 Å². The summed E-state index contributed by atoms with van der Waals surface area (Å²) in [6.45, 7) is 3.92. The Hall–Kier alpha value is -2.14. The molecule has 2 rings (SSSR count). The van der Waals surface area contributed by atoms with Crippen molar-refractivity contribution >= 4 is 17.5 Å². The van der Waals surface area contributed by atoms with Gasteiger partial charge in [-0.05, 0) is 46.1 Å². The molecular weight excluding hydrogens is 274 g/mol. The van der Waals surface area contributed by atoms with Gasteiger partial charge in [-0.1, -0.05) is 18.2 Å². The first-order valence-corrected chi connectivity index (χ1v) is 7.59. The van der Waals surface area contributed by atoms with Gasteiger partial charge in [-0.25, -0.2) is 4.98 Å². The highest BCUT2D eigenvalue weighted by Gasteiger charge is 2.08. The summed E-state index contributed by atoms with van der Waals surface area (Å²) >= 11 is 0. The molecule has 0 saturated carbocycles. The van der Waals surface area contributed by atoms with Crippen LogP contribution in [0.5, 0.6) is 0 Å². The monoisotopic (exact) mass is 299 g/mol. The van der Waals surface area contributed by atoms with Crippen molar-refractivity contribution in [3.63, 3.8) is 0 Å². The molecule has 1 N–H and O–H groups in total. The molecule has 5 nitrogen and oxygen atoms in total. The third-order valence-electron chi connectivity index (χ3n) is 3.39. The van der Waals surface area contributed by atoms with Gasteiger partial charge in [0.05, 0.1) is 0 Å². The molecule has 1 aromatic carbocycles. The quantitative estimate of drug-likeness (QED) is 0.796. The zero-order valence-corrected chi connectivity index (χ0v) is 13.9. The SMILES string of the molecule is Cc1cc(N(C)c2ccccc2)nc(NCCCN(C)C)n1. The van der Waals surface area contributed by atoms with Crippen molar-refractivity contribution in [2.45, 2.75) is 13.3 Å². The van der Waals surface area contributed by atoms with Crippen molar-refractivity contribution in [2.24, 2.45) is 0 Å². The molecule has 2 aromatic rings. The molecule has 0 saturated heterocycles. The number of rotatable bonds is 7. The Morgan fingerprint density at radius 1 is 1.05 bits per heavy atom. The second-order valence-corrected chi connectivity index (χ2v) is 5.67. The van der Waals surface area contributed by atoms with Gasteiger partial charge in [0, 0.05) is 31.0 Å². The third kappa shape index (κ3) is 4.70. The third-order valence-corrected chi connectivity index (χ3v) is 3.39. The van der Waals surface area contributed by atoms with Crippen LogP contribution in [-0.4, -0.2) is 49.1 Å². The number of nitrogens with zero attached hydrogens (tertiary/aromatic N) is 4. The Balaban J connectivity index is 2.06. The Morgan fingerprint density at radius 2 is 1.77 bits per heavy atom. The molecule has 118 valence electrons. The summed E-state index contributed by atoms with van der Waals surface area (Å²) in [7, 11) is 6.18. The molecule has 5 heteroatoms. The highest BCUT2D eigenvalue weighted by Crippen LogP contribution is 2.22. The maximum absolute atomic E-state index is 4.62. The number of aryl methyl sites for hydroxylation is 1. The topological polar surface area (TPSA) is 44.3 Å². The molecule has 0 unspecified atom stereocenters. The lowest BCUT2D eigenvalue weighted by Crippen LogP contribution is -2.18. The summed E-state index contributed by atoms with van der Waals surface area (Å²) in [5.74, 6) is 1.59. The second-order valence-electron chi connectivity index (χ2n) is 5.67. The summed E-state index contributed by atoms with van der Waals surface area (Å²) < 4.78 is 0. The smallest absolute Gasteiger partial charge is 0.224 e. The minimum absolute atomic E-state index is 0.691. The minimum Gasteiger partial charge on any atom is -0.354 e. The van der Waals surface area contributed by atoms with Crippen LogP contribution in [0.15, 0.2) is 36.4 Å². The summed E-state index contributed by atoms with van der Waals surface area (Å²) in [4.78, 5) is 13.3. The van der Waals surface area contributed by atoms with Crippen LogP contribution in [0.2, 0.25) is 0 Å². The highest BCUT2D eigenvalue weighted by atomic mass is 15.2. The van der Waals surface area contributed by atoms with E-state index in [0.29, 0.717) is 5.95 Å². The van der Waals surface area contributed by atoms with Crippen LogP contribution in [-0.2, 0) is 0 Å². The van der Waals surface area contributed by atoms with Crippen LogP contribution in [0.4, 0.5) is 17.5 Å². The molecule has 0 aliphatic carbocycles. The largest absolute Gasteiger partial charge is 0.354 e. The molecule has 0 atom stereocenters. The molecule has 0 spiro atoms. The highest BCUT2D eigenvalue weighted by molar-refractivity contribution is 5.60. The predicted molar refractivity (Wildman–Crippen MR) is 92.9 cm³/mol. The van der Waals surface area contributed by atoms with Gasteiger partial charge in [-0.2, -0.15) is 4.98 Å². The number of benzene rings is 1. The van der Waals surface area contributed by atoms with E-state index >= 15 is 0 Å². The first kappa shape index (κ1) is 16.2. The van der Waals surface area contributed by atoms with Gasteiger partial charge in [0.2, 0.25) is 5.95 Å². The lowest BCUT2D eigenvalue weighted by atomic mass is 10.3. The Kier molecular flexibility index (Phi) is 5.72. The van der Waals surface area contributed by atoms with E-state index in [-0.39, 0.29) is 0 Å². The molecule has 22 heavy (non-hydrogen) atoms. The van der Waals surface area contributed by atoms with E-state index in [4.69, 9.17) is 0 Å². The van der Waals surface area contributed by atoms with Crippen molar-refractivity contribution in [3.8, 4) is 0 Å². The molecule has 0 aliphatic heterocycles. The van der Waals surface area contributed by atoms with E-state index in [9.17, 15) is 0 Å². The van der Waals surface area contributed by atoms with Crippen LogP contribution in [0.3, 0.4) is 0 Å². The summed E-state index contributed by atoms with van der Waals surface area (Å²) in [5.41, 5.74) is 2.07. The lowest BCUT2D eigenvalue weighted by molar-refractivity contribution is 0.405. The van der Waals surface area contributed by atoms with Crippen LogP contribution >= 0.6 is 0 Å². The van der Waals surface area contributed by atoms with E-state index in [1.54, 1.807) is 0 Å². The van der Waals surface area contributed by atoms with Crippen molar-refractivity contribution in [1.82, 2.24) is 14.9 Å². The van der Waals surface area contributed by atoms with Gasteiger partial charge < -0.3 is 15.1 Å². The standard InChI is InChI=1S/C17H25N5/c1-14-13-16(22(4)15-9-6-5-7-10-15)20-17(19-14)18-11-8-12-21(2)3/h5-7,9-10,13H,8,11-12H2,1-4H3,(H,18,19,20). The molecule has 0 amide bonds. The Morgan fingerprint density at radius 3 is 2.45 bits per heavy atom. The first-order valence-electron chi connectivity index (χ1n) is 7.59. The number of aromatic nitrogens is 2. The number of hydrogen-bond donors (Lipinski definition) is 1. The first-order chi connectivity index (χ1) is 10.6. The average molecular weight is 299 g/mol. The van der Waals surface area contributed by atoms with E-state index < -0.39 is 0 Å². The fourth-order valence-corrected chi connectivity index (χ4v) is 2.18. The summed E-state index contributed by atoms with van der Waals surface area (Å²) in [5, 5.41) is 3.31. The van der Waals surface area contributed by atoms with Crippen molar-refractivity contribution in [2.75, 3.05) is 44.4 Å². The Bertz CT molecular complexity index is 583. The maximum atomic E-state index is 4.62. The molecule has 1 heterocycles. The lowest BCUT2D eigenvalue weighted by Gasteiger charge is -2.19. The van der Waals surface area contributed by atoms with Crippen molar-refractivity contribution in [1.29, 1.82) is 0 Å².